The molecule has 0 fully saturated rings. The number of aromatic nitrogens is 4. The van der Waals surface area contributed by atoms with Gasteiger partial charge in [0.1, 0.15) is 11.6 Å². The van der Waals surface area contributed by atoms with Crippen molar-refractivity contribution in [3.05, 3.63) is 35.0 Å². The number of nitrogens with zero attached hydrogens (tertiary/aromatic N) is 4. The summed E-state index contributed by atoms with van der Waals surface area (Å²) >= 11 is 0. The average Bonchev–Trinajstić information content (AvgIpc) is 2.80. The topological polar surface area (TPSA) is 72.7 Å². The van der Waals surface area contributed by atoms with E-state index in [4.69, 9.17) is 0 Å². The van der Waals surface area contributed by atoms with Gasteiger partial charge in [0, 0.05) is 30.9 Å². The highest BCUT2D eigenvalue weighted by Gasteiger charge is 2.39. The fourth-order valence-corrected chi connectivity index (χ4v) is 1.96. The summed E-state index contributed by atoms with van der Waals surface area (Å²) in [5.41, 5.74) is -1.17. The maximum Gasteiger partial charge on any atom is 0.435 e. The standard InChI is InChI=1S/C14H16F3N5O/c1-7(2)12-18-8(3)5-10(19-12)20-13(23)9-6-22(4)21-11(9)14(15,16)17/h5-7H,1-4H3,(H,18,19,20,23). The van der Waals surface area contributed by atoms with E-state index in [1.54, 1.807) is 6.92 Å². The highest BCUT2D eigenvalue weighted by molar-refractivity contribution is 6.04. The molecule has 0 radical (unpaired) electrons. The van der Waals surface area contributed by atoms with E-state index >= 15 is 0 Å². The third-order valence-electron chi connectivity index (χ3n) is 2.97. The van der Waals surface area contributed by atoms with E-state index in [2.05, 4.69) is 20.4 Å². The van der Waals surface area contributed by atoms with Gasteiger partial charge in [0.2, 0.25) is 0 Å². The molecule has 9 heteroatoms. The largest absolute Gasteiger partial charge is 0.435 e. The van der Waals surface area contributed by atoms with Crippen LogP contribution in [-0.2, 0) is 13.2 Å². The van der Waals surface area contributed by atoms with Crippen molar-refractivity contribution < 1.29 is 18.0 Å². The predicted molar refractivity (Wildman–Crippen MR) is 77.0 cm³/mol. The number of halogens is 3. The minimum Gasteiger partial charge on any atom is -0.306 e. The van der Waals surface area contributed by atoms with E-state index in [-0.39, 0.29) is 11.7 Å². The lowest BCUT2D eigenvalue weighted by Crippen LogP contribution is -2.19. The summed E-state index contributed by atoms with van der Waals surface area (Å²) < 4.78 is 39.7. The van der Waals surface area contributed by atoms with Crippen molar-refractivity contribution in [1.29, 1.82) is 0 Å². The molecule has 2 rings (SSSR count). The predicted octanol–water partition coefficient (Wildman–Crippen LogP) is 2.91. The number of amides is 1. The number of aryl methyl sites for hydroxylation is 2. The Bertz CT molecular complexity index is 736. The molecule has 0 saturated carbocycles. The van der Waals surface area contributed by atoms with Crippen LogP contribution in [0.5, 0.6) is 0 Å². The monoisotopic (exact) mass is 327 g/mol. The van der Waals surface area contributed by atoms with E-state index in [0.29, 0.717) is 11.5 Å². The van der Waals surface area contributed by atoms with Crippen molar-refractivity contribution >= 4 is 11.7 Å². The molecule has 1 N–H and O–H groups in total. The molecule has 0 atom stereocenters. The van der Waals surface area contributed by atoms with Gasteiger partial charge in [-0.2, -0.15) is 18.3 Å². The van der Waals surface area contributed by atoms with Gasteiger partial charge < -0.3 is 5.32 Å². The normalized spacial score (nSPS) is 11.8. The van der Waals surface area contributed by atoms with Crippen molar-refractivity contribution in [2.24, 2.45) is 7.05 Å². The molecule has 0 aromatic carbocycles. The quantitative estimate of drug-likeness (QED) is 0.941. The van der Waals surface area contributed by atoms with Gasteiger partial charge in [0.15, 0.2) is 5.69 Å². The maximum atomic E-state index is 12.9. The summed E-state index contributed by atoms with van der Waals surface area (Å²) in [4.78, 5) is 20.5. The SMILES string of the molecule is Cc1cc(NC(=O)c2cn(C)nc2C(F)(F)F)nc(C(C)C)n1. The molecular weight excluding hydrogens is 311 g/mol. The number of nitrogens with one attached hydrogen (secondary N) is 1. The van der Waals surface area contributed by atoms with Crippen LogP contribution in [0.25, 0.3) is 0 Å². The minimum atomic E-state index is -4.71. The van der Waals surface area contributed by atoms with Crippen molar-refractivity contribution in [2.45, 2.75) is 32.9 Å². The molecular formula is C14H16F3N5O. The first-order valence-electron chi connectivity index (χ1n) is 6.85. The van der Waals surface area contributed by atoms with Gasteiger partial charge in [0.25, 0.3) is 5.91 Å². The first-order valence-corrected chi connectivity index (χ1v) is 6.85. The number of carbonyl (C=O) groups is 1. The molecule has 2 aromatic heterocycles. The molecule has 2 aromatic rings. The van der Waals surface area contributed by atoms with Crippen molar-refractivity contribution in [1.82, 2.24) is 19.7 Å². The summed E-state index contributed by atoms with van der Waals surface area (Å²) in [7, 11) is 1.32. The third kappa shape index (κ3) is 3.85. The minimum absolute atomic E-state index is 0.0229. The van der Waals surface area contributed by atoms with Gasteiger partial charge in [-0.1, -0.05) is 13.8 Å². The van der Waals surface area contributed by atoms with Crippen LogP contribution in [0, 0.1) is 6.92 Å². The Balaban J connectivity index is 2.34. The van der Waals surface area contributed by atoms with Crippen LogP contribution in [0.4, 0.5) is 19.0 Å². The molecule has 124 valence electrons. The Morgan fingerprint density at radius 2 is 1.96 bits per heavy atom. The number of hydrogen-bond acceptors (Lipinski definition) is 4. The molecule has 0 unspecified atom stereocenters. The first kappa shape index (κ1) is 16.9. The fourth-order valence-electron chi connectivity index (χ4n) is 1.96. The second kappa shape index (κ2) is 5.98. The summed E-state index contributed by atoms with van der Waals surface area (Å²) in [5, 5.41) is 5.68. The summed E-state index contributed by atoms with van der Waals surface area (Å²) in [5.74, 6) is -0.237. The van der Waals surface area contributed by atoms with Crippen LogP contribution >= 0.6 is 0 Å². The van der Waals surface area contributed by atoms with E-state index in [1.807, 2.05) is 13.8 Å². The van der Waals surface area contributed by atoms with Crippen molar-refractivity contribution in [2.75, 3.05) is 5.32 Å². The number of carbonyl (C=O) groups excluding carboxylic acids is 1. The zero-order valence-corrected chi connectivity index (χ0v) is 13.1. The van der Waals surface area contributed by atoms with Gasteiger partial charge in [-0.05, 0) is 6.92 Å². The second-order valence-electron chi connectivity index (χ2n) is 5.42. The van der Waals surface area contributed by atoms with Crippen LogP contribution in [0.15, 0.2) is 12.3 Å². The molecule has 0 spiro atoms. The highest BCUT2D eigenvalue weighted by atomic mass is 19.4. The van der Waals surface area contributed by atoms with Gasteiger partial charge in [0.05, 0.1) is 5.56 Å². The summed E-state index contributed by atoms with van der Waals surface area (Å²) in [6, 6.07) is 1.49. The van der Waals surface area contributed by atoms with E-state index in [9.17, 15) is 18.0 Å². The highest BCUT2D eigenvalue weighted by Crippen LogP contribution is 2.30. The Morgan fingerprint density at radius 1 is 1.30 bits per heavy atom. The smallest absolute Gasteiger partial charge is 0.306 e. The second-order valence-corrected chi connectivity index (χ2v) is 5.42. The van der Waals surface area contributed by atoms with Gasteiger partial charge >= 0.3 is 6.18 Å². The molecule has 0 aliphatic rings. The average molecular weight is 327 g/mol. The number of hydrogen-bond donors (Lipinski definition) is 1. The Hall–Kier alpha value is -2.45. The zero-order valence-electron chi connectivity index (χ0n) is 13.1. The Kier molecular flexibility index (Phi) is 4.39. The van der Waals surface area contributed by atoms with Crippen molar-refractivity contribution in [3.8, 4) is 0 Å². The van der Waals surface area contributed by atoms with Gasteiger partial charge in [-0.25, -0.2) is 9.97 Å². The molecule has 0 saturated heterocycles. The van der Waals surface area contributed by atoms with Gasteiger partial charge in [-0.3, -0.25) is 9.48 Å². The van der Waals surface area contributed by atoms with E-state index < -0.39 is 23.3 Å². The molecule has 1 amide bonds. The van der Waals surface area contributed by atoms with Crippen LogP contribution < -0.4 is 5.32 Å². The zero-order chi connectivity index (χ0) is 17.4. The Morgan fingerprint density at radius 3 is 2.52 bits per heavy atom. The maximum absolute atomic E-state index is 12.9. The molecule has 0 aliphatic carbocycles. The summed E-state index contributed by atoms with van der Waals surface area (Å²) in [6.07, 6.45) is -3.69. The number of alkyl halides is 3. The lowest BCUT2D eigenvalue weighted by molar-refractivity contribution is -0.141. The molecule has 2 heterocycles. The van der Waals surface area contributed by atoms with Gasteiger partial charge in [-0.15, -0.1) is 0 Å². The molecule has 23 heavy (non-hydrogen) atoms. The lowest BCUT2D eigenvalue weighted by Gasteiger charge is -2.10. The summed E-state index contributed by atoms with van der Waals surface area (Å²) in [6.45, 7) is 5.47. The van der Waals surface area contributed by atoms with Crippen LogP contribution in [-0.4, -0.2) is 25.7 Å². The Labute approximate surface area is 130 Å². The van der Waals surface area contributed by atoms with E-state index in [0.717, 1.165) is 10.9 Å². The molecule has 6 nitrogen and oxygen atoms in total. The van der Waals surface area contributed by atoms with E-state index in [1.165, 1.54) is 13.1 Å². The van der Waals surface area contributed by atoms with Crippen LogP contribution in [0.1, 0.15) is 47.3 Å². The van der Waals surface area contributed by atoms with Crippen molar-refractivity contribution in [3.63, 3.8) is 0 Å². The molecule has 0 aliphatic heterocycles. The lowest BCUT2D eigenvalue weighted by atomic mass is 10.2. The number of rotatable bonds is 3. The van der Waals surface area contributed by atoms with Crippen LogP contribution in [0.2, 0.25) is 0 Å². The first-order chi connectivity index (χ1) is 10.6. The van der Waals surface area contributed by atoms with Crippen LogP contribution in [0.3, 0.4) is 0 Å². The number of anilines is 1. The fraction of sp³-hybridized carbons (Fsp3) is 0.429. The third-order valence-corrected chi connectivity index (χ3v) is 2.97. The molecule has 0 bridgehead atoms.